The van der Waals surface area contributed by atoms with Crippen molar-refractivity contribution in [2.24, 2.45) is 0 Å². The molecule has 0 saturated heterocycles. The molecule has 1 aromatic carbocycles. The van der Waals surface area contributed by atoms with Crippen molar-refractivity contribution in [2.75, 3.05) is 12.4 Å². The maximum atomic E-state index is 12.4. The summed E-state index contributed by atoms with van der Waals surface area (Å²) in [6, 6.07) is 11.2. The van der Waals surface area contributed by atoms with Gasteiger partial charge in [0, 0.05) is 31.4 Å². The molecule has 0 spiro atoms. The van der Waals surface area contributed by atoms with E-state index in [1.54, 1.807) is 42.4 Å². The highest BCUT2D eigenvalue weighted by molar-refractivity contribution is 5.93. The van der Waals surface area contributed by atoms with Crippen LogP contribution in [0.15, 0.2) is 42.6 Å². The maximum Gasteiger partial charge on any atom is 0.255 e. The summed E-state index contributed by atoms with van der Waals surface area (Å²) in [6.07, 6.45) is 3.96. The van der Waals surface area contributed by atoms with Crippen LogP contribution in [-0.4, -0.2) is 34.0 Å². The normalized spacial score (nSPS) is 13.7. The van der Waals surface area contributed by atoms with E-state index in [4.69, 9.17) is 0 Å². The minimum atomic E-state index is -0.117. The van der Waals surface area contributed by atoms with Crippen molar-refractivity contribution >= 4 is 11.7 Å². The molecular weight excluding hydrogens is 278 g/mol. The average Bonchev–Trinajstić information content (AvgIpc) is 3.33. The Labute approximate surface area is 129 Å². The Balaban J connectivity index is 1.65. The van der Waals surface area contributed by atoms with Crippen LogP contribution in [0.3, 0.4) is 0 Å². The summed E-state index contributed by atoms with van der Waals surface area (Å²) >= 11 is 0. The van der Waals surface area contributed by atoms with Crippen molar-refractivity contribution in [2.45, 2.75) is 25.4 Å². The topological polar surface area (TPSA) is 65.5 Å². The van der Waals surface area contributed by atoms with E-state index in [0.717, 1.165) is 11.4 Å². The number of aromatic hydroxyl groups is 1. The van der Waals surface area contributed by atoms with Crippen molar-refractivity contribution < 1.29 is 9.90 Å². The molecule has 1 aromatic heterocycles. The number of anilines is 1. The lowest BCUT2D eigenvalue weighted by Crippen LogP contribution is -2.26. The summed E-state index contributed by atoms with van der Waals surface area (Å²) in [5, 5.41) is 13.1. The summed E-state index contributed by atoms with van der Waals surface area (Å²) in [7, 11) is 1.71. The van der Waals surface area contributed by atoms with Gasteiger partial charge in [0.05, 0.1) is 5.56 Å². The molecule has 0 unspecified atom stereocenters. The third-order valence-electron chi connectivity index (χ3n) is 3.69. The van der Waals surface area contributed by atoms with Gasteiger partial charge in [-0.15, -0.1) is 0 Å². The Hall–Kier alpha value is -2.56. The molecule has 2 N–H and O–H groups in total. The first-order chi connectivity index (χ1) is 10.6. The zero-order valence-corrected chi connectivity index (χ0v) is 12.5. The second kappa shape index (κ2) is 6.05. The molecule has 1 aliphatic rings. The van der Waals surface area contributed by atoms with E-state index in [1.165, 1.54) is 12.8 Å². The van der Waals surface area contributed by atoms with Gasteiger partial charge in [-0.05, 0) is 31.0 Å². The molecule has 22 heavy (non-hydrogen) atoms. The maximum absolute atomic E-state index is 12.4. The number of rotatable bonds is 5. The van der Waals surface area contributed by atoms with Crippen molar-refractivity contribution in [1.29, 1.82) is 0 Å². The van der Waals surface area contributed by atoms with E-state index in [1.807, 2.05) is 12.1 Å². The minimum Gasteiger partial charge on any atom is -0.508 e. The highest BCUT2D eigenvalue weighted by Gasteiger charge is 2.21. The Kier molecular flexibility index (Phi) is 3.96. The van der Waals surface area contributed by atoms with Gasteiger partial charge in [-0.3, -0.25) is 4.79 Å². The number of amides is 1. The van der Waals surface area contributed by atoms with Gasteiger partial charge in [0.1, 0.15) is 11.6 Å². The number of nitrogens with one attached hydrogen (secondary N) is 1. The smallest absolute Gasteiger partial charge is 0.255 e. The molecule has 0 radical (unpaired) electrons. The molecule has 1 aliphatic carbocycles. The Morgan fingerprint density at radius 3 is 2.73 bits per heavy atom. The van der Waals surface area contributed by atoms with Gasteiger partial charge in [0.2, 0.25) is 0 Å². The van der Waals surface area contributed by atoms with Gasteiger partial charge in [-0.1, -0.05) is 18.2 Å². The average molecular weight is 297 g/mol. The molecule has 1 heterocycles. The lowest BCUT2D eigenvalue weighted by molar-refractivity contribution is 0.0784. The third-order valence-corrected chi connectivity index (χ3v) is 3.69. The van der Waals surface area contributed by atoms with E-state index in [2.05, 4.69) is 10.3 Å². The van der Waals surface area contributed by atoms with Gasteiger partial charge in [-0.25, -0.2) is 4.98 Å². The van der Waals surface area contributed by atoms with Crippen molar-refractivity contribution in [1.82, 2.24) is 9.88 Å². The van der Waals surface area contributed by atoms with Crippen LogP contribution < -0.4 is 5.32 Å². The zero-order valence-electron chi connectivity index (χ0n) is 12.5. The molecule has 114 valence electrons. The first-order valence-corrected chi connectivity index (χ1v) is 7.38. The molecule has 5 heteroatoms. The Bertz CT molecular complexity index is 666. The molecule has 2 aromatic rings. The van der Waals surface area contributed by atoms with Crippen LogP contribution in [0.25, 0.3) is 0 Å². The van der Waals surface area contributed by atoms with Gasteiger partial charge >= 0.3 is 0 Å². The SMILES string of the molecule is CN(Cc1ccccc1O)C(=O)c1ccc(NC2CC2)nc1. The number of para-hydroxylation sites is 1. The number of benzene rings is 1. The Morgan fingerprint density at radius 1 is 1.32 bits per heavy atom. The molecule has 1 fully saturated rings. The fourth-order valence-corrected chi connectivity index (χ4v) is 2.23. The van der Waals surface area contributed by atoms with Crippen LogP contribution in [0.2, 0.25) is 0 Å². The van der Waals surface area contributed by atoms with E-state index in [9.17, 15) is 9.90 Å². The molecule has 0 aliphatic heterocycles. The first-order valence-electron chi connectivity index (χ1n) is 7.38. The van der Waals surface area contributed by atoms with Crippen LogP contribution in [-0.2, 0) is 6.54 Å². The number of phenols is 1. The van der Waals surface area contributed by atoms with Crippen LogP contribution >= 0.6 is 0 Å². The summed E-state index contributed by atoms with van der Waals surface area (Å²) in [5.74, 6) is 0.889. The largest absolute Gasteiger partial charge is 0.508 e. The van der Waals surface area contributed by atoms with Crippen molar-refractivity contribution in [3.05, 3.63) is 53.7 Å². The number of carbonyl (C=O) groups excluding carboxylic acids is 1. The lowest BCUT2D eigenvalue weighted by Gasteiger charge is -2.18. The predicted octanol–water partition coefficient (Wildman–Crippen LogP) is 2.63. The monoisotopic (exact) mass is 297 g/mol. The van der Waals surface area contributed by atoms with E-state index in [0.29, 0.717) is 18.2 Å². The summed E-state index contributed by atoms with van der Waals surface area (Å²) < 4.78 is 0. The predicted molar refractivity (Wildman–Crippen MR) is 84.8 cm³/mol. The summed E-state index contributed by atoms with van der Waals surface area (Å²) in [4.78, 5) is 18.2. The lowest BCUT2D eigenvalue weighted by atomic mass is 10.1. The minimum absolute atomic E-state index is 0.117. The quantitative estimate of drug-likeness (QED) is 0.890. The third kappa shape index (κ3) is 3.36. The molecule has 0 atom stereocenters. The fraction of sp³-hybridized carbons (Fsp3) is 0.294. The van der Waals surface area contributed by atoms with Gasteiger partial charge in [-0.2, -0.15) is 0 Å². The van der Waals surface area contributed by atoms with Crippen molar-refractivity contribution in [3.8, 4) is 5.75 Å². The van der Waals surface area contributed by atoms with Gasteiger partial charge < -0.3 is 15.3 Å². The summed E-state index contributed by atoms with van der Waals surface area (Å²) in [6.45, 7) is 0.355. The number of hydrogen-bond acceptors (Lipinski definition) is 4. The highest BCUT2D eigenvalue weighted by atomic mass is 16.3. The Morgan fingerprint density at radius 2 is 2.09 bits per heavy atom. The fourth-order valence-electron chi connectivity index (χ4n) is 2.23. The number of phenolic OH excluding ortho intramolecular Hbond substituents is 1. The molecular formula is C17H19N3O2. The molecule has 3 rings (SSSR count). The second-order valence-electron chi connectivity index (χ2n) is 5.64. The van der Waals surface area contributed by atoms with E-state index >= 15 is 0 Å². The number of hydrogen-bond donors (Lipinski definition) is 2. The standard InChI is InChI=1S/C17H19N3O2/c1-20(11-13-4-2-3-5-15(13)21)17(22)12-6-9-16(18-10-12)19-14-7-8-14/h2-6,9-10,14,21H,7-8,11H2,1H3,(H,18,19). The van der Waals surface area contributed by atoms with Crippen LogP contribution in [0.5, 0.6) is 5.75 Å². The van der Waals surface area contributed by atoms with Gasteiger partial charge in [0.25, 0.3) is 5.91 Å². The van der Waals surface area contributed by atoms with Crippen molar-refractivity contribution in [3.63, 3.8) is 0 Å². The van der Waals surface area contributed by atoms with Crippen LogP contribution in [0, 0.1) is 0 Å². The van der Waals surface area contributed by atoms with E-state index < -0.39 is 0 Å². The number of carbonyl (C=O) groups is 1. The summed E-state index contributed by atoms with van der Waals surface area (Å²) in [5.41, 5.74) is 1.26. The molecule has 0 bridgehead atoms. The molecule has 1 amide bonds. The molecule has 5 nitrogen and oxygen atoms in total. The van der Waals surface area contributed by atoms with E-state index in [-0.39, 0.29) is 11.7 Å². The zero-order chi connectivity index (χ0) is 15.5. The number of pyridine rings is 1. The second-order valence-corrected chi connectivity index (χ2v) is 5.64. The highest BCUT2D eigenvalue weighted by Crippen LogP contribution is 2.23. The van der Waals surface area contributed by atoms with Crippen LogP contribution in [0.4, 0.5) is 5.82 Å². The number of aromatic nitrogens is 1. The van der Waals surface area contributed by atoms with Gasteiger partial charge in [0.15, 0.2) is 0 Å². The number of nitrogens with zero attached hydrogens (tertiary/aromatic N) is 2. The molecule has 1 saturated carbocycles. The van der Waals surface area contributed by atoms with Crippen LogP contribution in [0.1, 0.15) is 28.8 Å². The first kappa shape index (κ1) is 14.4.